The second kappa shape index (κ2) is 9.01. The van der Waals surface area contributed by atoms with Gasteiger partial charge in [-0.15, -0.1) is 0 Å². The van der Waals surface area contributed by atoms with Gasteiger partial charge in [0.15, 0.2) is 0 Å². The molecule has 1 aliphatic rings. The first-order chi connectivity index (χ1) is 14.7. The van der Waals surface area contributed by atoms with Crippen LogP contribution < -0.4 is 16.0 Å². The molecule has 0 radical (unpaired) electrons. The van der Waals surface area contributed by atoms with E-state index in [1.165, 1.54) is 11.1 Å². The first-order valence-electron chi connectivity index (χ1n) is 10.4. The summed E-state index contributed by atoms with van der Waals surface area (Å²) in [7, 11) is 1.64. The standard InChI is InChI=1S/C25H28N4O/c1-27-25(30)21-12-13-22(26)23(18-21)28-14-16-29(17-15-28)24(19-8-4-2-5-9-19)20-10-6-3-7-11-20/h2-13,18,24H,14-17,26H2,1H3,(H,27,30). The number of carbonyl (C=O) groups is 1. The summed E-state index contributed by atoms with van der Waals surface area (Å²) in [6.45, 7) is 3.55. The van der Waals surface area contributed by atoms with Gasteiger partial charge in [0.25, 0.3) is 5.91 Å². The van der Waals surface area contributed by atoms with E-state index in [2.05, 4.69) is 75.8 Å². The second-order valence-corrected chi connectivity index (χ2v) is 7.60. The summed E-state index contributed by atoms with van der Waals surface area (Å²) in [5.41, 5.74) is 11.1. The normalized spacial score (nSPS) is 14.7. The van der Waals surface area contributed by atoms with Crippen LogP contribution in [0.15, 0.2) is 78.9 Å². The minimum absolute atomic E-state index is 0.0943. The number of carbonyl (C=O) groups excluding carboxylic acids is 1. The summed E-state index contributed by atoms with van der Waals surface area (Å²) < 4.78 is 0. The first kappa shape index (κ1) is 20.0. The predicted octanol–water partition coefficient (Wildman–Crippen LogP) is 3.54. The van der Waals surface area contributed by atoms with Crippen LogP contribution in [-0.2, 0) is 0 Å². The van der Waals surface area contributed by atoms with Crippen molar-refractivity contribution in [3.63, 3.8) is 0 Å². The molecule has 3 aromatic carbocycles. The van der Waals surface area contributed by atoms with Crippen LogP contribution in [0.5, 0.6) is 0 Å². The van der Waals surface area contributed by atoms with Crippen molar-refractivity contribution in [2.75, 3.05) is 43.9 Å². The van der Waals surface area contributed by atoms with Crippen LogP contribution in [0.2, 0.25) is 0 Å². The smallest absolute Gasteiger partial charge is 0.251 e. The van der Waals surface area contributed by atoms with Crippen molar-refractivity contribution in [2.45, 2.75) is 6.04 Å². The summed E-state index contributed by atoms with van der Waals surface area (Å²) in [4.78, 5) is 16.8. The molecular formula is C25H28N4O. The lowest BCUT2D eigenvalue weighted by molar-refractivity contribution is 0.0963. The number of piperazine rings is 1. The Labute approximate surface area is 178 Å². The summed E-state index contributed by atoms with van der Waals surface area (Å²) >= 11 is 0. The van der Waals surface area contributed by atoms with Crippen molar-refractivity contribution in [1.29, 1.82) is 0 Å². The lowest BCUT2D eigenvalue weighted by Crippen LogP contribution is -2.48. The van der Waals surface area contributed by atoms with E-state index in [-0.39, 0.29) is 11.9 Å². The topological polar surface area (TPSA) is 61.6 Å². The van der Waals surface area contributed by atoms with E-state index in [0.717, 1.165) is 31.9 Å². The zero-order valence-electron chi connectivity index (χ0n) is 17.3. The number of nitrogen functional groups attached to an aromatic ring is 1. The zero-order chi connectivity index (χ0) is 20.9. The number of nitrogens with zero attached hydrogens (tertiary/aromatic N) is 2. The molecule has 5 heteroatoms. The summed E-state index contributed by atoms with van der Waals surface area (Å²) in [5, 5.41) is 2.68. The molecule has 3 aromatic rings. The van der Waals surface area contributed by atoms with Gasteiger partial charge < -0.3 is 16.0 Å². The second-order valence-electron chi connectivity index (χ2n) is 7.60. The van der Waals surface area contributed by atoms with Crippen LogP contribution in [0, 0.1) is 0 Å². The van der Waals surface area contributed by atoms with Crippen molar-refractivity contribution in [3.8, 4) is 0 Å². The van der Waals surface area contributed by atoms with Crippen LogP contribution >= 0.6 is 0 Å². The molecule has 0 unspecified atom stereocenters. The van der Waals surface area contributed by atoms with Gasteiger partial charge in [-0.1, -0.05) is 60.7 Å². The monoisotopic (exact) mass is 400 g/mol. The van der Waals surface area contributed by atoms with Crippen molar-refractivity contribution in [3.05, 3.63) is 95.6 Å². The van der Waals surface area contributed by atoms with Gasteiger partial charge in [0, 0.05) is 38.8 Å². The molecule has 1 heterocycles. The van der Waals surface area contributed by atoms with Crippen LogP contribution in [0.1, 0.15) is 27.5 Å². The molecule has 1 amide bonds. The molecule has 3 N–H and O–H groups in total. The Hall–Kier alpha value is -3.31. The fourth-order valence-electron chi connectivity index (χ4n) is 4.21. The highest BCUT2D eigenvalue weighted by Gasteiger charge is 2.27. The van der Waals surface area contributed by atoms with E-state index in [1.54, 1.807) is 13.1 Å². The van der Waals surface area contributed by atoms with E-state index < -0.39 is 0 Å². The van der Waals surface area contributed by atoms with Gasteiger partial charge >= 0.3 is 0 Å². The Balaban J connectivity index is 1.55. The number of benzene rings is 3. The van der Waals surface area contributed by atoms with Gasteiger partial charge in [-0.25, -0.2) is 0 Å². The Morgan fingerprint density at radius 2 is 1.43 bits per heavy atom. The zero-order valence-corrected chi connectivity index (χ0v) is 17.3. The first-order valence-corrected chi connectivity index (χ1v) is 10.4. The van der Waals surface area contributed by atoms with E-state index in [1.807, 2.05) is 12.1 Å². The fourth-order valence-corrected chi connectivity index (χ4v) is 4.21. The van der Waals surface area contributed by atoms with E-state index in [4.69, 9.17) is 5.73 Å². The van der Waals surface area contributed by atoms with Gasteiger partial charge in [-0.2, -0.15) is 0 Å². The minimum Gasteiger partial charge on any atom is -0.397 e. The van der Waals surface area contributed by atoms with E-state index >= 15 is 0 Å². The number of nitrogens with two attached hydrogens (primary N) is 1. The maximum absolute atomic E-state index is 12.0. The number of amides is 1. The third kappa shape index (κ3) is 4.16. The van der Waals surface area contributed by atoms with Gasteiger partial charge in [-0.3, -0.25) is 9.69 Å². The molecule has 1 saturated heterocycles. The lowest BCUT2D eigenvalue weighted by atomic mass is 9.96. The molecule has 1 aliphatic heterocycles. The Morgan fingerprint density at radius 3 is 1.97 bits per heavy atom. The molecule has 5 nitrogen and oxygen atoms in total. The summed E-state index contributed by atoms with van der Waals surface area (Å²) in [6, 6.07) is 27.1. The highest BCUT2D eigenvalue weighted by Crippen LogP contribution is 2.32. The minimum atomic E-state index is -0.0943. The van der Waals surface area contributed by atoms with E-state index in [0.29, 0.717) is 11.3 Å². The molecule has 0 atom stereocenters. The van der Waals surface area contributed by atoms with Crippen molar-refractivity contribution < 1.29 is 4.79 Å². The molecule has 30 heavy (non-hydrogen) atoms. The number of hydrogen-bond donors (Lipinski definition) is 2. The summed E-state index contributed by atoms with van der Waals surface area (Å²) in [6.07, 6.45) is 0. The average Bonchev–Trinajstić information content (AvgIpc) is 2.81. The van der Waals surface area contributed by atoms with Crippen LogP contribution in [0.25, 0.3) is 0 Å². The van der Waals surface area contributed by atoms with Gasteiger partial charge in [0.1, 0.15) is 0 Å². The third-order valence-corrected chi connectivity index (χ3v) is 5.77. The van der Waals surface area contributed by atoms with Crippen LogP contribution in [0.4, 0.5) is 11.4 Å². The maximum Gasteiger partial charge on any atom is 0.251 e. The van der Waals surface area contributed by atoms with Crippen molar-refractivity contribution in [2.24, 2.45) is 0 Å². The highest BCUT2D eigenvalue weighted by atomic mass is 16.1. The highest BCUT2D eigenvalue weighted by molar-refractivity contribution is 5.96. The van der Waals surface area contributed by atoms with Crippen LogP contribution in [-0.4, -0.2) is 44.0 Å². The third-order valence-electron chi connectivity index (χ3n) is 5.77. The Bertz CT molecular complexity index is 943. The largest absolute Gasteiger partial charge is 0.397 e. The average molecular weight is 401 g/mol. The molecule has 0 aromatic heterocycles. The van der Waals surface area contributed by atoms with Crippen molar-refractivity contribution in [1.82, 2.24) is 10.2 Å². The van der Waals surface area contributed by atoms with Gasteiger partial charge in [0.05, 0.1) is 17.4 Å². The lowest BCUT2D eigenvalue weighted by Gasteiger charge is -2.41. The summed E-state index contributed by atoms with van der Waals surface area (Å²) in [5.74, 6) is -0.0943. The van der Waals surface area contributed by atoms with Gasteiger partial charge in [-0.05, 0) is 29.3 Å². The molecule has 0 bridgehead atoms. The number of nitrogens with one attached hydrogen (secondary N) is 1. The molecule has 154 valence electrons. The SMILES string of the molecule is CNC(=O)c1ccc(N)c(N2CCN(C(c3ccccc3)c3ccccc3)CC2)c1. The predicted molar refractivity (Wildman–Crippen MR) is 123 cm³/mol. The Morgan fingerprint density at radius 1 is 0.867 bits per heavy atom. The number of anilines is 2. The number of hydrogen-bond acceptors (Lipinski definition) is 4. The quantitative estimate of drug-likeness (QED) is 0.643. The fraction of sp³-hybridized carbons (Fsp3) is 0.240. The molecule has 4 rings (SSSR count). The molecule has 0 aliphatic carbocycles. The maximum atomic E-state index is 12.0. The number of rotatable bonds is 5. The molecule has 0 spiro atoms. The van der Waals surface area contributed by atoms with E-state index in [9.17, 15) is 4.79 Å². The molecule has 1 fully saturated rings. The molecule has 0 saturated carbocycles. The van der Waals surface area contributed by atoms with Gasteiger partial charge in [0.2, 0.25) is 0 Å². The van der Waals surface area contributed by atoms with Crippen LogP contribution in [0.3, 0.4) is 0 Å². The Kier molecular flexibility index (Phi) is 6.00. The van der Waals surface area contributed by atoms with Crippen molar-refractivity contribution >= 4 is 17.3 Å². The molecular weight excluding hydrogens is 372 g/mol.